The molecule has 0 bridgehead atoms. The van der Waals surface area contributed by atoms with Gasteiger partial charge in [0.1, 0.15) is 17.9 Å². The maximum absolute atomic E-state index is 11.4. The molecule has 0 radical (unpaired) electrons. The second kappa shape index (κ2) is 8.08. The lowest BCUT2D eigenvalue weighted by atomic mass is 10.1. The van der Waals surface area contributed by atoms with Crippen LogP contribution in [0.4, 0.5) is 5.69 Å². The van der Waals surface area contributed by atoms with Crippen molar-refractivity contribution >= 4 is 28.2 Å². The van der Waals surface area contributed by atoms with Crippen molar-refractivity contribution in [2.75, 3.05) is 31.1 Å². The number of imidazole rings is 1. The molecular formula is C24H26N6O3. The molecule has 33 heavy (non-hydrogen) atoms. The number of fused-ring (bicyclic) bond motifs is 2. The Morgan fingerprint density at radius 1 is 1.27 bits per heavy atom. The number of benzene rings is 1. The molecular weight excluding hydrogens is 420 g/mol. The summed E-state index contributed by atoms with van der Waals surface area (Å²) in [5.74, 6) is 1.26. The molecule has 2 fully saturated rings. The van der Waals surface area contributed by atoms with Crippen molar-refractivity contribution in [2.45, 2.75) is 31.8 Å². The highest BCUT2D eigenvalue weighted by atomic mass is 16.5. The van der Waals surface area contributed by atoms with Crippen molar-refractivity contribution in [3.05, 3.63) is 42.6 Å². The van der Waals surface area contributed by atoms with E-state index in [9.17, 15) is 4.79 Å². The number of ether oxygens (including phenoxy) is 1. The lowest BCUT2D eigenvalue weighted by molar-refractivity contribution is -0.119. The van der Waals surface area contributed by atoms with E-state index < -0.39 is 0 Å². The minimum atomic E-state index is 0.0266. The van der Waals surface area contributed by atoms with E-state index in [2.05, 4.69) is 44.7 Å². The van der Waals surface area contributed by atoms with Gasteiger partial charge in [-0.2, -0.15) is 0 Å². The fourth-order valence-electron chi connectivity index (χ4n) is 4.69. The summed E-state index contributed by atoms with van der Waals surface area (Å²) in [5, 5.41) is 12.1. The molecule has 9 nitrogen and oxygen atoms in total. The topological polar surface area (TPSA) is 96.9 Å². The van der Waals surface area contributed by atoms with Gasteiger partial charge < -0.3 is 24.7 Å². The van der Waals surface area contributed by atoms with Gasteiger partial charge in [0.25, 0.3) is 0 Å². The predicted octanol–water partition coefficient (Wildman–Crippen LogP) is 2.60. The number of amides is 1. The van der Waals surface area contributed by atoms with Crippen LogP contribution in [0.25, 0.3) is 28.1 Å². The number of hydrogen-bond acceptors (Lipinski definition) is 7. The normalized spacial score (nSPS) is 21.1. The van der Waals surface area contributed by atoms with Crippen LogP contribution in [0.2, 0.25) is 0 Å². The van der Waals surface area contributed by atoms with Crippen LogP contribution in [0.5, 0.6) is 5.88 Å². The number of carbonyl (C=O) groups is 1. The van der Waals surface area contributed by atoms with Gasteiger partial charge in [-0.15, -0.1) is 5.10 Å². The molecule has 2 aliphatic heterocycles. The zero-order chi connectivity index (χ0) is 22.4. The van der Waals surface area contributed by atoms with Crippen molar-refractivity contribution in [3.63, 3.8) is 0 Å². The molecule has 6 rings (SSSR count). The number of nitrogens with zero attached hydrogens (tertiary/aromatic N) is 4. The number of nitrogens with one attached hydrogen (secondary N) is 2. The Morgan fingerprint density at radius 3 is 3.06 bits per heavy atom. The highest BCUT2D eigenvalue weighted by molar-refractivity contribution is 5.94. The Morgan fingerprint density at radius 2 is 2.21 bits per heavy atom. The van der Waals surface area contributed by atoms with Crippen LogP contribution >= 0.6 is 0 Å². The van der Waals surface area contributed by atoms with Gasteiger partial charge in [0.05, 0.1) is 12.2 Å². The molecule has 2 aliphatic rings. The Hall–Kier alpha value is -3.59. The van der Waals surface area contributed by atoms with Crippen LogP contribution in [0.3, 0.4) is 0 Å². The average molecular weight is 447 g/mol. The molecule has 1 aromatic carbocycles. The first-order chi connectivity index (χ1) is 16.1. The third-order valence-electron chi connectivity index (χ3n) is 6.36. The van der Waals surface area contributed by atoms with Gasteiger partial charge in [0, 0.05) is 49.2 Å². The number of hydrogen-bond donors (Lipinski definition) is 2. The zero-order valence-corrected chi connectivity index (χ0v) is 18.5. The summed E-state index contributed by atoms with van der Waals surface area (Å²) in [7, 11) is 0. The van der Waals surface area contributed by atoms with Crippen molar-refractivity contribution in [1.82, 2.24) is 25.2 Å². The first kappa shape index (κ1) is 20.0. The van der Waals surface area contributed by atoms with E-state index in [0.717, 1.165) is 42.7 Å². The second-order valence-corrected chi connectivity index (χ2v) is 8.80. The van der Waals surface area contributed by atoms with Crippen molar-refractivity contribution in [3.8, 4) is 17.3 Å². The number of anilines is 1. The van der Waals surface area contributed by atoms with Crippen LogP contribution < -0.4 is 20.3 Å². The van der Waals surface area contributed by atoms with Crippen molar-refractivity contribution < 1.29 is 13.9 Å². The largest absolute Gasteiger partial charge is 0.474 e. The molecule has 2 atom stereocenters. The molecule has 0 spiro atoms. The monoisotopic (exact) mass is 446 g/mol. The lowest BCUT2D eigenvalue weighted by Gasteiger charge is -2.33. The maximum Gasteiger partial charge on any atom is 0.231 e. The molecule has 3 aromatic heterocycles. The first-order valence-corrected chi connectivity index (χ1v) is 11.4. The number of aromatic nitrogens is 3. The third kappa shape index (κ3) is 3.78. The van der Waals surface area contributed by atoms with Gasteiger partial charge in [-0.1, -0.05) is 6.07 Å². The fraction of sp³-hybridized carbons (Fsp3) is 0.375. The highest BCUT2D eigenvalue weighted by Crippen LogP contribution is 2.34. The third-order valence-corrected chi connectivity index (χ3v) is 6.36. The van der Waals surface area contributed by atoms with E-state index in [1.165, 1.54) is 5.69 Å². The molecule has 170 valence electrons. The Kier molecular flexibility index (Phi) is 4.91. The summed E-state index contributed by atoms with van der Waals surface area (Å²) in [6.45, 7) is 5.48. The standard InChI is InChI=1S/C24H26N6O3/c1-15-13-29(10-9-25-15)18-3-2-4-20-17(18)11-21(33-20)19-12-26-22-6-8-24(28-30(19)22)32-14-16-5-7-23(31)27-16/h2-4,6,8,11-12,15-16,25H,5,7,9-10,13-14H2,1H3,(H,27,31)/t15-,16-/m0/s1. The van der Waals surface area contributed by atoms with E-state index in [1.807, 2.05) is 18.2 Å². The van der Waals surface area contributed by atoms with E-state index in [0.29, 0.717) is 36.4 Å². The zero-order valence-electron chi connectivity index (χ0n) is 18.5. The second-order valence-electron chi connectivity index (χ2n) is 8.80. The van der Waals surface area contributed by atoms with E-state index in [-0.39, 0.29) is 11.9 Å². The fourth-order valence-corrected chi connectivity index (χ4v) is 4.69. The predicted molar refractivity (Wildman–Crippen MR) is 125 cm³/mol. The van der Waals surface area contributed by atoms with Crippen LogP contribution in [0.1, 0.15) is 19.8 Å². The molecule has 4 aromatic rings. The summed E-state index contributed by atoms with van der Waals surface area (Å²) in [5.41, 5.74) is 3.50. The summed E-state index contributed by atoms with van der Waals surface area (Å²) in [4.78, 5) is 18.3. The van der Waals surface area contributed by atoms with Crippen molar-refractivity contribution in [1.29, 1.82) is 0 Å². The minimum Gasteiger partial charge on any atom is -0.474 e. The molecule has 5 heterocycles. The van der Waals surface area contributed by atoms with E-state index in [1.54, 1.807) is 16.8 Å². The molecule has 2 N–H and O–H groups in total. The summed E-state index contributed by atoms with van der Waals surface area (Å²) >= 11 is 0. The SMILES string of the molecule is C[C@H]1CN(c2cccc3oc(-c4cnc5ccc(OC[C@@H]6CCC(=O)N6)nn45)cc23)CCN1. The highest BCUT2D eigenvalue weighted by Gasteiger charge is 2.22. The smallest absolute Gasteiger partial charge is 0.231 e. The van der Waals surface area contributed by atoms with Crippen LogP contribution in [0.15, 0.2) is 47.0 Å². The molecule has 9 heteroatoms. The van der Waals surface area contributed by atoms with Gasteiger partial charge in [-0.25, -0.2) is 9.50 Å². The Bertz CT molecular complexity index is 1330. The Labute approximate surface area is 190 Å². The first-order valence-electron chi connectivity index (χ1n) is 11.4. The number of furan rings is 1. The average Bonchev–Trinajstić information content (AvgIpc) is 3.54. The minimum absolute atomic E-state index is 0.0266. The summed E-state index contributed by atoms with van der Waals surface area (Å²) in [6.07, 6.45) is 3.10. The van der Waals surface area contributed by atoms with Gasteiger partial charge in [-0.3, -0.25) is 4.79 Å². The molecule has 0 aliphatic carbocycles. The van der Waals surface area contributed by atoms with Gasteiger partial charge in [0.2, 0.25) is 11.8 Å². The maximum atomic E-state index is 11.4. The van der Waals surface area contributed by atoms with Crippen LogP contribution in [-0.2, 0) is 4.79 Å². The molecule has 0 unspecified atom stereocenters. The van der Waals surface area contributed by atoms with E-state index in [4.69, 9.17) is 9.15 Å². The van der Waals surface area contributed by atoms with E-state index >= 15 is 0 Å². The quantitative estimate of drug-likeness (QED) is 0.486. The summed E-state index contributed by atoms with van der Waals surface area (Å²) < 4.78 is 13.8. The van der Waals surface area contributed by atoms with Crippen LogP contribution in [-0.4, -0.2) is 58.8 Å². The van der Waals surface area contributed by atoms with Gasteiger partial charge >= 0.3 is 0 Å². The summed E-state index contributed by atoms with van der Waals surface area (Å²) in [6, 6.07) is 12.4. The number of rotatable bonds is 5. The molecule has 2 saturated heterocycles. The molecule has 0 saturated carbocycles. The lowest BCUT2D eigenvalue weighted by Crippen LogP contribution is -2.49. The number of carbonyl (C=O) groups excluding carboxylic acids is 1. The number of piperazine rings is 1. The van der Waals surface area contributed by atoms with Crippen molar-refractivity contribution in [2.24, 2.45) is 0 Å². The van der Waals surface area contributed by atoms with Crippen LogP contribution in [0, 0.1) is 0 Å². The Balaban J connectivity index is 1.31. The molecule has 1 amide bonds. The van der Waals surface area contributed by atoms with Gasteiger partial charge in [0.15, 0.2) is 11.4 Å². The van der Waals surface area contributed by atoms with Gasteiger partial charge in [-0.05, 0) is 37.6 Å².